The van der Waals surface area contributed by atoms with Gasteiger partial charge in [0.2, 0.25) is 6.79 Å². The maximum absolute atomic E-state index is 5.53. The normalized spacial score (nSPS) is 12.5. The van der Waals surface area contributed by atoms with Crippen LogP contribution in [0.5, 0.6) is 11.5 Å². The lowest BCUT2D eigenvalue weighted by atomic mass is 9.97. The summed E-state index contributed by atoms with van der Waals surface area (Å²) in [6.45, 7) is 0.272. The van der Waals surface area contributed by atoms with Crippen LogP contribution in [-0.4, -0.2) is 11.8 Å². The number of hydrogen-bond donors (Lipinski definition) is 0. The molecule has 26 heavy (non-hydrogen) atoms. The Kier molecular flexibility index (Phi) is 3.56. The van der Waals surface area contributed by atoms with Crippen LogP contribution in [0.2, 0.25) is 0 Å². The summed E-state index contributed by atoms with van der Waals surface area (Å²) in [4.78, 5) is 4.99. The van der Waals surface area contributed by atoms with Gasteiger partial charge in [0, 0.05) is 23.4 Å². The van der Waals surface area contributed by atoms with Gasteiger partial charge in [-0.2, -0.15) is 0 Å². The van der Waals surface area contributed by atoms with E-state index in [9.17, 15) is 0 Å². The van der Waals surface area contributed by atoms with Crippen molar-refractivity contribution in [3.63, 3.8) is 0 Å². The van der Waals surface area contributed by atoms with Crippen LogP contribution >= 0.6 is 0 Å². The minimum atomic E-state index is 0.272. The van der Waals surface area contributed by atoms with Gasteiger partial charge in [-0.05, 0) is 23.3 Å². The lowest BCUT2D eigenvalue weighted by molar-refractivity contribution is 0.174. The second-order valence-corrected chi connectivity index (χ2v) is 6.41. The summed E-state index contributed by atoms with van der Waals surface area (Å²) < 4.78 is 11.0. The van der Waals surface area contributed by atoms with Gasteiger partial charge in [-0.25, -0.2) is 0 Å². The largest absolute Gasteiger partial charge is 0.454 e. The molecule has 1 aliphatic heterocycles. The average molecular weight is 339 g/mol. The Morgan fingerprint density at radius 3 is 2.23 bits per heavy atom. The summed E-state index contributed by atoms with van der Waals surface area (Å²) in [5.41, 5.74) is 5.57. The summed E-state index contributed by atoms with van der Waals surface area (Å²) in [5.74, 6) is 1.55. The van der Waals surface area contributed by atoms with Crippen molar-refractivity contribution in [2.75, 3.05) is 6.79 Å². The zero-order chi connectivity index (χ0) is 17.3. The molecule has 0 unspecified atom stereocenters. The van der Waals surface area contributed by atoms with Crippen LogP contribution in [0.25, 0.3) is 22.0 Å². The Morgan fingerprint density at radius 2 is 1.46 bits per heavy atom. The number of benzene rings is 3. The number of nitrogens with zero attached hydrogens (tertiary/aromatic N) is 1. The first kappa shape index (κ1) is 15.0. The van der Waals surface area contributed by atoms with E-state index in [1.54, 1.807) is 0 Å². The minimum Gasteiger partial charge on any atom is -0.454 e. The molecular formula is C23H17NO2. The first-order valence-corrected chi connectivity index (χ1v) is 8.69. The Bertz CT molecular complexity index is 1080. The highest BCUT2D eigenvalue weighted by atomic mass is 16.7. The fraction of sp³-hybridized carbons (Fsp3) is 0.0870. The van der Waals surface area contributed by atoms with Crippen molar-refractivity contribution in [3.8, 4) is 22.6 Å². The summed E-state index contributed by atoms with van der Waals surface area (Å²) in [5, 5.41) is 1.06. The zero-order valence-electron chi connectivity index (χ0n) is 14.2. The van der Waals surface area contributed by atoms with Crippen LogP contribution in [0, 0.1) is 0 Å². The number of fused-ring (bicyclic) bond motifs is 2. The van der Waals surface area contributed by atoms with Crippen molar-refractivity contribution >= 4 is 10.9 Å². The first-order chi connectivity index (χ1) is 12.9. The van der Waals surface area contributed by atoms with Gasteiger partial charge in [-0.15, -0.1) is 0 Å². The lowest BCUT2D eigenvalue weighted by Crippen LogP contribution is -1.97. The molecular weight excluding hydrogens is 322 g/mol. The van der Waals surface area contributed by atoms with Gasteiger partial charge in [-0.1, -0.05) is 60.7 Å². The first-order valence-electron chi connectivity index (χ1n) is 8.69. The molecule has 0 aliphatic carbocycles. The standard InChI is InChI=1S/C23H17NO2/c1-3-7-16(8-4-1)11-21-19(17-9-5-2-6-10-17)12-18-13-22-23(26-15-25-22)14-20(18)24-21/h1-10,12-14H,11,15H2. The van der Waals surface area contributed by atoms with Crippen LogP contribution in [0.15, 0.2) is 78.9 Å². The van der Waals surface area contributed by atoms with E-state index < -0.39 is 0 Å². The number of rotatable bonds is 3. The quantitative estimate of drug-likeness (QED) is 0.513. The molecule has 0 bridgehead atoms. The highest BCUT2D eigenvalue weighted by Gasteiger charge is 2.17. The Labute approximate surface area is 151 Å². The van der Waals surface area contributed by atoms with Crippen LogP contribution in [-0.2, 0) is 6.42 Å². The Hall–Kier alpha value is -3.33. The molecule has 1 aromatic heterocycles. The highest BCUT2D eigenvalue weighted by molar-refractivity contribution is 5.88. The van der Waals surface area contributed by atoms with Crippen molar-refractivity contribution in [3.05, 3.63) is 90.1 Å². The van der Waals surface area contributed by atoms with E-state index in [1.807, 2.05) is 24.3 Å². The molecule has 0 radical (unpaired) electrons. The Morgan fingerprint density at radius 1 is 0.769 bits per heavy atom. The average Bonchev–Trinajstić information content (AvgIpc) is 3.14. The van der Waals surface area contributed by atoms with E-state index in [-0.39, 0.29) is 6.79 Å². The molecule has 1 aliphatic rings. The smallest absolute Gasteiger partial charge is 0.231 e. The summed E-state index contributed by atoms with van der Waals surface area (Å²) >= 11 is 0. The molecule has 2 heterocycles. The summed E-state index contributed by atoms with van der Waals surface area (Å²) in [6.07, 6.45) is 0.787. The van der Waals surface area contributed by atoms with E-state index in [0.717, 1.165) is 40.1 Å². The number of aromatic nitrogens is 1. The molecule has 126 valence electrons. The second-order valence-electron chi connectivity index (χ2n) is 6.41. The van der Waals surface area contributed by atoms with E-state index in [0.29, 0.717) is 0 Å². The van der Waals surface area contributed by atoms with E-state index >= 15 is 0 Å². The fourth-order valence-corrected chi connectivity index (χ4v) is 3.40. The third kappa shape index (κ3) is 2.68. The fourth-order valence-electron chi connectivity index (χ4n) is 3.40. The third-order valence-electron chi connectivity index (χ3n) is 4.69. The molecule has 0 saturated carbocycles. The van der Waals surface area contributed by atoms with E-state index in [4.69, 9.17) is 14.5 Å². The van der Waals surface area contributed by atoms with Crippen molar-refractivity contribution in [2.45, 2.75) is 6.42 Å². The molecule has 0 amide bonds. The molecule has 0 saturated heterocycles. The summed E-state index contributed by atoms with van der Waals surface area (Å²) in [7, 11) is 0. The zero-order valence-corrected chi connectivity index (χ0v) is 14.2. The van der Waals surface area contributed by atoms with Crippen molar-refractivity contribution in [1.82, 2.24) is 4.98 Å². The van der Waals surface area contributed by atoms with Gasteiger partial charge < -0.3 is 9.47 Å². The number of ether oxygens (including phenoxy) is 2. The van der Waals surface area contributed by atoms with E-state index in [2.05, 4.69) is 54.6 Å². The van der Waals surface area contributed by atoms with Gasteiger partial charge in [0.1, 0.15) is 0 Å². The molecule has 0 N–H and O–H groups in total. The van der Waals surface area contributed by atoms with Crippen LogP contribution in [0.1, 0.15) is 11.3 Å². The molecule has 3 nitrogen and oxygen atoms in total. The number of hydrogen-bond acceptors (Lipinski definition) is 3. The molecule has 5 rings (SSSR count). The predicted molar refractivity (Wildman–Crippen MR) is 103 cm³/mol. The summed E-state index contributed by atoms with van der Waals surface area (Å²) in [6, 6.07) is 27.1. The predicted octanol–water partition coefficient (Wildman–Crippen LogP) is 5.22. The molecule has 3 aromatic carbocycles. The second kappa shape index (κ2) is 6.19. The Balaban J connectivity index is 1.70. The van der Waals surface area contributed by atoms with E-state index in [1.165, 1.54) is 11.1 Å². The van der Waals surface area contributed by atoms with Gasteiger partial charge in [0.15, 0.2) is 11.5 Å². The third-order valence-corrected chi connectivity index (χ3v) is 4.69. The van der Waals surface area contributed by atoms with Crippen LogP contribution in [0.4, 0.5) is 0 Å². The minimum absolute atomic E-state index is 0.272. The topological polar surface area (TPSA) is 31.4 Å². The van der Waals surface area contributed by atoms with Gasteiger partial charge in [0.25, 0.3) is 0 Å². The number of pyridine rings is 1. The van der Waals surface area contributed by atoms with Crippen molar-refractivity contribution < 1.29 is 9.47 Å². The molecule has 3 heteroatoms. The van der Waals surface area contributed by atoms with Crippen LogP contribution in [0.3, 0.4) is 0 Å². The van der Waals surface area contributed by atoms with Crippen molar-refractivity contribution in [2.24, 2.45) is 0 Å². The maximum Gasteiger partial charge on any atom is 0.231 e. The lowest BCUT2D eigenvalue weighted by Gasteiger charge is -2.12. The molecule has 4 aromatic rings. The molecule has 0 spiro atoms. The van der Waals surface area contributed by atoms with Crippen molar-refractivity contribution in [1.29, 1.82) is 0 Å². The SMILES string of the molecule is c1ccc(Cc2nc3cc4c(cc3cc2-c2ccccc2)OCO4)cc1. The molecule has 0 fully saturated rings. The maximum atomic E-state index is 5.53. The highest BCUT2D eigenvalue weighted by Crippen LogP contribution is 2.37. The molecule has 0 atom stereocenters. The van der Waals surface area contributed by atoms with Crippen LogP contribution < -0.4 is 9.47 Å². The van der Waals surface area contributed by atoms with Gasteiger partial charge in [-0.3, -0.25) is 4.98 Å². The van der Waals surface area contributed by atoms with Gasteiger partial charge >= 0.3 is 0 Å². The monoisotopic (exact) mass is 339 g/mol. The van der Waals surface area contributed by atoms with Gasteiger partial charge in [0.05, 0.1) is 11.2 Å².